The molecule has 0 aliphatic heterocycles. The minimum absolute atomic E-state index is 0.150. The fraction of sp³-hybridized carbons (Fsp3) is 0.647. The summed E-state index contributed by atoms with van der Waals surface area (Å²) in [6, 6.07) is 0. The van der Waals surface area contributed by atoms with Gasteiger partial charge in [-0.25, -0.2) is 0 Å². The molecule has 0 amide bonds. The van der Waals surface area contributed by atoms with Gasteiger partial charge in [0.15, 0.2) is 0 Å². The molecular weight excluding hydrogens is 220 g/mol. The van der Waals surface area contributed by atoms with Crippen molar-refractivity contribution in [1.29, 1.82) is 0 Å². The molecule has 1 unspecified atom stereocenters. The highest BCUT2D eigenvalue weighted by atomic mass is 16.5. The van der Waals surface area contributed by atoms with Crippen LogP contribution in [0, 0.1) is 0 Å². The summed E-state index contributed by atoms with van der Waals surface area (Å²) in [5.41, 5.74) is 3.89. The molecule has 0 aromatic carbocycles. The first-order chi connectivity index (χ1) is 8.60. The van der Waals surface area contributed by atoms with Gasteiger partial charge in [0.2, 0.25) is 0 Å². The molecule has 1 nitrogen and oxygen atoms in total. The van der Waals surface area contributed by atoms with E-state index in [4.69, 9.17) is 4.74 Å². The fourth-order valence-corrected chi connectivity index (χ4v) is 2.08. The lowest BCUT2D eigenvalue weighted by molar-refractivity contribution is 0.116. The van der Waals surface area contributed by atoms with Crippen LogP contribution >= 0.6 is 0 Å². The Morgan fingerprint density at radius 3 is 1.72 bits per heavy atom. The van der Waals surface area contributed by atoms with Crippen molar-refractivity contribution in [2.75, 3.05) is 6.61 Å². The van der Waals surface area contributed by atoms with Crippen molar-refractivity contribution in [3.05, 3.63) is 35.5 Å². The van der Waals surface area contributed by atoms with Gasteiger partial charge in [0.05, 0.1) is 12.7 Å². The SMILES string of the molecule is C=C(C)COC(/C(=C\CC)CC)/C(=C/CC)CC. The molecule has 0 fully saturated rings. The molecule has 18 heavy (non-hydrogen) atoms. The second-order valence-corrected chi connectivity index (χ2v) is 4.73. The average molecular weight is 250 g/mol. The van der Waals surface area contributed by atoms with Crippen LogP contribution in [-0.4, -0.2) is 12.7 Å². The van der Waals surface area contributed by atoms with E-state index in [1.54, 1.807) is 0 Å². The second-order valence-electron chi connectivity index (χ2n) is 4.73. The zero-order chi connectivity index (χ0) is 14.0. The van der Waals surface area contributed by atoms with E-state index in [9.17, 15) is 0 Å². The van der Waals surface area contributed by atoms with E-state index in [1.807, 2.05) is 6.92 Å². The summed E-state index contributed by atoms with van der Waals surface area (Å²) in [6.07, 6.45) is 9.01. The molecule has 0 bridgehead atoms. The van der Waals surface area contributed by atoms with Crippen LogP contribution in [0.2, 0.25) is 0 Å². The van der Waals surface area contributed by atoms with E-state index in [0.29, 0.717) is 6.61 Å². The van der Waals surface area contributed by atoms with Crippen LogP contribution in [0.15, 0.2) is 35.5 Å². The summed E-state index contributed by atoms with van der Waals surface area (Å²) >= 11 is 0. The van der Waals surface area contributed by atoms with Gasteiger partial charge >= 0.3 is 0 Å². The predicted molar refractivity (Wildman–Crippen MR) is 81.9 cm³/mol. The Balaban J connectivity index is 5.06. The number of allylic oxidation sites excluding steroid dienone is 2. The monoisotopic (exact) mass is 250 g/mol. The molecule has 0 radical (unpaired) electrons. The summed E-state index contributed by atoms with van der Waals surface area (Å²) < 4.78 is 6.08. The maximum atomic E-state index is 6.08. The van der Waals surface area contributed by atoms with Crippen LogP contribution < -0.4 is 0 Å². The Bertz CT molecular complexity index is 275. The molecule has 1 heteroatoms. The van der Waals surface area contributed by atoms with Crippen molar-refractivity contribution in [2.24, 2.45) is 0 Å². The van der Waals surface area contributed by atoms with Gasteiger partial charge in [-0.05, 0) is 43.8 Å². The van der Waals surface area contributed by atoms with Gasteiger partial charge in [-0.2, -0.15) is 0 Å². The lowest BCUT2D eigenvalue weighted by Crippen LogP contribution is -2.20. The van der Waals surface area contributed by atoms with Crippen LogP contribution in [-0.2, 0) is 4.74 Å². The van der Waals surface area contributed by atoms with E-state index >= 15 is 0 Å². The molecular formula is C17H30O. The molecule has 0 saturated carbocycles. The lowest BCUT2D eigenvalue weighted by Gasteiger charge is -2.23. The van der Waals surface area contributed by atoms with E-state index in [-0.39, 0.29) is 6.10 Å². The molecule has 0 aliphatic carbocycles. The van der Waals surface area contributed by atoms with Crippen molar-refractivity contribution in [3.63, 3.8) is 0 Å². The Morgan fingerprint density at radius 1 is 1.00 bits per heavy atom. The van der Waals surface area contributed by atoms with Gasteiger partial charge in [-0.15, -0.1) is 0 Å². The number of hydrogen-bond donors (Lipinski definition) is 0. The van der Waals surface area contributed by atoms with Gasteiger partial charge in [0.25, 0.3) is 0 Å². The van der Waals surface area contributed by atoms with E-state index in [2.05, 4.69) is 46.4 Å². The number of ether oxygens (including phenoxy) is 1. The summed E-state index contributed by atoms with van der Waals surface area (Å²) in [7, 11) is 0. The normalized spacial score (nSPS) is 14.7. The molecule has 0 rings (SSSR count). The van der Waals surface area contributed by atoms with Crippen LogP contribution in [0.25, 0.3) is 0 Å². The van der Waals surface area contributed by atoms with Crippen molar-refractivity contribution in [2.45, 2.75) is 66.4 Å². The molecule has 0 N–H and O–H groups in total. The highest BCUT2D eigenvalue weighted by Gasteiger charge is 2.17. The third kappa shape index (κ3) is 6.20. The maximum Gasteiger partial charge on any atom is 0.1000 e. The van der Waals surface area contributed by atoms with Crippen LogP contribution in [0.4, 0.5) is 0 Å². The van der Waals surface area contributed by atoms with Crippen LogP contribution in [0.3, 0.4) is 0 Å². The Kier molecular flexibility index (Phi) is 9.67. The van der Waals surface area contributed by atoms with Gasteiger partial charge in [-0.3, -0.25) is 0 Å². The summed E-state index contributed by atoms with van der Waals surface area (Å²) in [6.45, 7) is 15.4. The van der Waals surface area contributed by atoms with Gasteiger partial charge < -0.3 is 4.74 Å². The number of rotatable bonds is 9. The smallest absolute Gasteiger partial charge is 0.1000 e. The Hall–Kier alpha value is -0.820. The highest BCUT2D eigenvalue weighted by molar-refractivity contribution is 5.24. The standard InChI is InChI=1S/C17H30O/c1-7-11-15(9-3)17(18-13-14(5)6)16(10-4)12-8-2/h11-12,17H,5,7-10,13H2,1-4,6H3/b15-11-,16-12+. The van der Waals surface area contributed by atoms with Gasteiger partial charge in [0, 0.05) is 0 Å². The van der Waals surface area contributed by atoms with E-state index < -0.39 is 0 Å². The van der Waals surface area contributed by atoms with Gasteiger partial charge in [-0.1, -0.05) is 52.0 Å². The third-order valence-electron chi connectivity index (χ3n) is 2.92. The molecule has 0 saturated heterocycles. The summed E-state index contributed by atoms with van der Waals surface area (Å²) in [4.78, 5) is 0. The lowest BCUT2D eigenvalue weighted by atomic mass is 9.95. The molecule has 0 aliphatic rings. The molecule has 1 atom stereocenters. The topological polar surface area (TPSA) is 9.23 Å². The van der Waals surface area contributed by atoms with Crippen molar-refractivity contribution in [1.82, 2.24) is 0 Å². The molecule has 0 aromatic heterocycles. The highest BCUT2D eigenvalue weighted by Crippen LogP contribution is 2.23. The summed E-state index contributed by atoms with van der Waals surface area (Å²) in [5, 5.41) is 0. The van der Waals surface area contributed by atoms with Crippen LogP contribution in [0.5, 0.6) is 0 Å². The maximum absolute atomic E-state index is 6.08. The van der Waals surface area contributed by atoms with Crippen molar-refractivity contribution in [3.8, 4) is 0 Å². The zero-order valence-electron chi connectivity index (χ0n) is 12.9. The zero-order valence-corrected chi connectivity index (χ0v) is 12.9. The first-order valence-electron chi connectivity index (χ1n) is 7.24. The van der Waals surface area contributed by atoms with Crippen molar-refractivity contribution < 1.29 is 4.74 Å². The van der Waals surface area contributed by atoms with Crippen LogP contribution in [0.1, 0.15) is 60.3 Å². The second kappa shape index (κ2) is 10.1. The van der Waals surface area contributed by atoms with Gasteiger partial charge in [0.1, 0.15) is 0 Å². The fourth-order valence-electron chi connectivity index (χ4n) is 2.08. The average Bonchev–Trinajstić information content (AvgIpc) is 2.35. The number of hydrogen-bond acceptors (Lipinski definition) is 1. The molecule has 0 aromatic rings. The first kappa shape index (κ1) is 17.2. The van der Waals surface area contributed by atoms with E-state index in [1.165, 1.54) is 11.1 Å². The summed E-state index contributed by atoms with van der Waals surface area (Å²) in [5.74, 6) is 0. The third-order valence-corrected chi connectivity index (χ3v) is 2.92. The first-order valence-corrected chi connectivity index (χ1v) is 7.24. The molecule has 0 spiro atoms. The minimum atomic E-state index is 0.150. The Labute approximate surface area is 114 Å². The molecule has 104 valence electrons. The largest absolute Gasteiger partial charge is 0.365 e. The van der Waals surface area contributed by atoms with Crippen molar-refractivity contribution >= 4 is 0 Å². The minimum Gasteiger partial charge on any atom is -0.365 e. The Morgan fingerprint density at radius 2 is 1.44 bits per heavy atom. The predicted octanol–water partition coefficient (Wildman–Crippen LogP) is 5.44. The van der Waals surface area contributed by atoms with E-state index in [0.717, 1.165) is 31.3 Å². The molecule has 0 heterocycles. The quantitative estimate of drug-likeness (QED) is 0.495.